The monoisotopic (exact) mass is 355 g/mol. The van der Waals surface area contributed by atoms with Crippen molar-refractivity contribution in [3.8, 4) is 0 Å². The largest absolute Gasteiger partial charge is 0.445 e. The highest BCUT2D eigenvalue weighted by Crippen LogP contribution is 2.21. The number of rotatable bonds is 6. The summed E-state index contributed by atoms with van der Waals surface area (Å²) in [7, 11) is 0. The lowest BCUT2D eigenvalue weighted by atomic mass is 10.1. The highest BCUT2D eigenvalue weighted by molar-refractivity contribution is 5.96. The summed E-state index contributed by atoms with van der Waals surface area (Å²) in [5.41, 5.74) is 1.39. The van der Waals surface area contributed by atoms with Crippen LogP contribution in [0.2, 0.25) is 0 Å². The van der Waals surface area contributed by atoms with Crippen molar-refractivity contribution in [1.82, 2.24) is 15.2 Å². The van der Waals surface area contributed by atoms with Crippen molar-refractivity contribution in [2.45, 2.75) is 39.7 Å². The van der Waals surface area contributed by atoms with Gasteiger partial charge in [0.25, 0.3) is 5.91 Å². The highest BCUT2D eigenvalue weighted by Gasteiger charge is 2.25. The molecule has 2 amide bonds. The molecule has 0 saturated heterocycles. The summed E-state index contributed by atoms with van der Waals surface area (Å²) in [6, 6.07) is 8.89. The average molecular weight is 355 g/mol. The Morgan fingerprint density at radius 2 is 2.04 bits per heavy atom. The topological polar surface area (TPSA) is 75.4 Å². The normalized spacial score (nSPS) is 13.6. The lowest BCUT2D eigenvalue weighted by molar-refractivity contribution is -0.131. The van der Waals surface area contributed by atoms with Gasteiger partial charge < -0.3 is 14.6 Å². The Morgan fingerprint density at radius 3 is 2.77 bits per heavy atom. The molecule has 1 aromatic carbocycles. The minimum absolute atomic E-state index is 0.0128. The van der Waals surface area contributed by atoms with Crippen molar-refractivity contribution in [2.24, 2.45) is 5.92 Å². The van der Waals surface area contributed by atoms with Crippen molar-refractivity contribution in [2.75, 3.05) is 13.1 Å². The first kappa shape index (κ1) is 18.2. The molecule has 0 unspecified atom stereocenters. The highest BCUT2D eigenvalue weighted by atomic mass is 16.4. The molecule has 1 aliphatic rings. The lowest BCUT2D eigenvalue weighted by Gasteiger charge is -2.25. The second-order valence-corrected chi connectivity index (χ2v) is 7.02. The Morgan fingerprint density at radius 1 is 1.27 bits per heavy atom. The molecule has 0 fully saturated rings. The third kappa shape index (κ3) is 4.50. The van der Waals surface area contributed by atoms with E-state index in [1.54, 1.807) is 29.2 Å². The van der Waals surface area contributed by atoms with Gasteiger partial charge >= 0.3 is 0 Å². The fraction of sp³-hybridized carbons (Fsp3) is 0.450. The van der Waals surface area contributed by atoms with Crippen molar-refractivity contribution < 1.29 is 14.0 Å². The van der Waals surface area contributed by atoms with E-state index in [4.69, 9.17) is 4.42 Å². The van der Waals surface area contributed by atoms with Crippen molar-refractivity contribution in [3.05, 3.63) is 53.2 Å². The molecule has 1 aliphatic heterocycles. The summed E-state index contributed by atoms with van der Waals surface area (Å²) >= 11 is 0. The number of nitrogens with zero attached hydrogens (tertiary/aromatic N) is 2. The van der Waals surface area contributed by atoms with E-state index in [1.165, 1.54) is 0 Å². The van der Waals surface area contributed by atoms with E-state index in [1.807, 2.05) is 6.07 Å². The quantitative estimate of drug-likeness (QED) is 0.864. The smallest absolute Gasteiger partial charge is 0.251 e. The van der Waals surface area contributed by atoms with Crippen LogP contribution in [0.15, 0.2) is 34.7 Å². The summed E-state index contributed by atoms with van der Waals surface area (Å²) in [5, 5.41) is 2.68. The number of amides is 2. The summed E-state index contributed by atoms with van der Waals surface area (Å²) in [4.78, 5) is 30.7. The second-order valence-electron chi connectivity index (χ2n) is 7.02. The molecule has 2 aromatic rings. The molecular formula is C20H25N3O3. The number of carbonyl (C=O) groups is 2. The molecule has 0 aliphatic carbocycles. The van der Waals surface area contributed by atoms with E-state index in [-0.39, 0.29) is 18.4 Å². The van der Waals surface area contributed by atoms with E-state index in [0.29, 0.717) is 31.0 Å². The minimum Gasteiger partial charge on any atom is -0.445 e. The first-order valence-corrected chi connectivity index (χ1v) is 9.11. The van der Waals surface area contributed by atoms with E-state index in [9.17, 15) is 9.59 Å². The third-order valence-electron chi connectivity index (χ3n) is 4.50. The van der Waals surface area contributed by atoms with Crippen LogP contribution in [-0.2, 0) is 24.2 Å². The predicted octanol–water partition coefficient (Wildman–Crippen LogP) is 2.58. The molecule has 0 radical (unpaired) electrons. The number of nitrogens with one attached hydrogen (secondary N) is 1. The fourth-order valence-corrected chi connectivity index (χ4v) is 2.94. The zero-order chi connectivity index (χ0) is 18.5. The van der Waals surface area contributed by atoms with Crippen LogP contribution in [0, 0.1) is 5.92 Å². The number of fused-ring (bicyclic) bond motifs is 1. The van der Waals surface area contributed by atoms with Gasteiger partial charge in [-0.2, -0.15) is 0 Å². The van der Waals surface area contributed by atoms with E-state index < -0.39 is 0 Å². The number of aromatic nitrogens is 1. The van der Waals surface area contributed by atoms with Crippen LogP contribution >= 0.6 is 0 Å². The van der Waals surface area contributed by atoms with Crippen molar-refractivity contribution in [1.29, 1.82) is 0 Å². The van der Waals surface area contributed by atoms with Crippen LogP contribution in [0.1, 0.15) is 48.0 Å². The van der Waals surface area contributed by atoms with Gasteiger partial charge in [-0.05, 0) is 24.5 Å². The second kappa shape index (κ2) is 8.17. The number of hydrogen-bond donors (Lipinski definition) is 1. The molecule has 0 bridgehead atoms. The predicted molar refractivity (Wildman–Crippen MR) is 97.6 cm³/mol. The molecule has 1 N–H and O–H groups in total. The van der Waals surface area contributed by atoms with Crippen LogP contribution < -0.4 is 5.32 Å². The van der Waals surface area contributed by atoms with E-state index >= 15 is 0 Å². The molecular weight excluding hydrogens is 330 g/mol. The zero-order valence-electron chi connectivity index (χ0n) is 15.3. The third-order valence-corrected chi connectivity index (χ3v) is 4.50. The molecule has 6 nitrogen and oxygen atoms in total. The van der Waals surface area contributed by atoms with E-state index in [2.05, 4.69) is 24.1 Å². The van der Waals surface area contributed by atoms with Crippen LogP contribution in [-0.4, -0.2) is 34.8 Å². The van der Waals surface area contributed by atoms with Crippen molar-refractivity contribution in [3.63, 3.8) is 0 Å². The summed E-state index contributed by atoms with van der Waals surface area (Å²) in [6.07, 6.45) is 2.53. The van der Waals surface area contributed by atoms with Gasteiger partial charge in [0.2, 0.25) is 5.91 Å². The number of hydrogen-bond acceptors (Lipinski definition) is 4. The maximum atomic E-state index is 12.4. The van der Waals surface area contributed by atoms with Gasteiger partial charge in [-0.25, -0.2) is 4.98 Å². The maximum absolute atomic E-state index is 12.4. The van der Waals surface area contributed by atoms with Crippen LogP contribution in [0.3, 0.4) is 0 Å². The van der Waals surface area contributed by atoms with Crippen LogP contribution in [0.5, 0.6) is 0 Å². The minimum atomic E-state index is -0.242. The molecule has 6 heteroatoms. The number of benzene rings is 1. The molecule has 0 spiro atoms. The summed E-state index contributed by atoms with van der Waals surface area (Å²) in [5.74, 6) is 1.91. The van der Waals surface area contributed by atoms with Gasteiger partial charge in [0.05, 0.1) is 13.1 Å². The van der Waals surface area contributed by atoms with Crippen LogP contribution in [0.4, 0.5) is 0 Å². The average Bonchev–Trinajstić information content (AvgIpc) is 3.07. The molecule has 0 atom stereocenters. The zero-order valence-corrected chi connectivity index (χ0v) is 15.3. The molecule has 3 rings (SSSR count). The summed E-state index contributed by atoms with van der Waals surface area (Å²) in [6.45, 7) is 5.37. The Labute approximate surface area is 153 Å². The molecule has 1 aromatic heterocycles. The molecule has 2 heterocycles. The van der Waals surface area contributed by atoms with E-state index in [0.717, 1.165) is 30.2 Å². The van der Waals surface area contributed by atoms with Gasteiger partial charge in [0.1, 0.15) is 11.5 Å². The molecule has 0 saturated carbocycles. The van der Waals surface area contributed by atoms with Gasteiger partial charge in [-0.15, -0.1) is 0 Å². The number of carbonyl (C=O) groups excluding carboxylic acids is 2. The fourth-order valence-electron chi connectivity index (χ4n) is 2.94. The maximum Gasteiger partial charge on any atom is 0.251 e. The van der Waals surface area contributed by atoms with Crippen molar-refractivity contribution >= 4 is 11.8 Å². The Balaban J connectivity index is 1.53. The first-order valence-electron chi connectivity index (χ1n) is 9.11. The first-order chi connectivity index (χ1) is 12.5. The van der Waals surface area contributed by atoms with Gasteiger partial charge in [0.15, 0.2) is 5.89 Å². The Kier molecular flexibility index (Phi) is 5.71. The summed E-state index contributed by atoms with van der Waals surface area (Å²) < 4.78 is 5.82. The van der Waals surface area contributed by atoms with Gasteiger partial charge in [0, 0.05) is 24.9 Å². The SMILES string of the molecule is CC(C)CCc1nc2c(o1)CCN(C(=O)CNC(=O)c1ccccc1)C2. The van der Waals surface area contributed by atoms with Crippen LogP contribution in [0.25, 0.3) is 0 Å². The number of oxazole rings is 1. The lowest BCUT2D eigenvalue weighted by Crippen LogP contribution is -2.42. The Bertz CT molecular complexity index is 768. The standard InChI is InChI=1S/C20H25N3O3/c1-14(2)8-9-18-22-16-13-23(11-10-17(16)26-18)19(24)12-21-20(25)15-6-4-3-5-7-15/h3-7,14H,8-13H2,1-2H3,(H,21,25). The van der Waals surface area contributed by atoms with Gasteiger partial charge in [-0.3, -0.25) is 9.59 Å². The Hall–Kier alpha value is -2.63. The number of aryl methyl sites for hydroxylation is 1. The van der Waals surface area contributed by atoms with Gasteiger partial charge in [-0.1, -0.05) is 32.0 Å². The molecule has 138 valence electrons. The molecule has 26 heavy (non-hydrogen) atoms.